The number of fused-ring (bicyclic) bond motifs is 5. The number of carbonyl (C=O) groups excluding carboxylic acids is 5. The summed E-state index contributed by atoms with van der Waals surface area (Å²) in [5.74, 6) is -4.63. The zero-order valence-electron chi connectivity index (χ0n) is 30.8. The van der Waals surface area contributed by atoms with Gasteiger partial charge in [-0.15, -0.1) is 0 Å². The number of aliphatic hydroxyl groups is 4. The highest BCUT2D eigenvalue weighted by Crippen LogP contribution is 2.74. The Morgan fingerprint density at radius 3 is 2.22 bits per heavy atom. The van der Waals surface area contributed by atoms with E-state index in [9.17, 15) is 44.4 Å². The Morgan fingerprint density at radius 1 is 1.02 bits per heavy atom. The third-order valence-electron chi connectivity index (χ3n) is 13.3. The molecule has 1 heterocycles. The van der Waals surface area contributed by atoms with E-state index in [4.69, 9.17) is 14.2 Å². The highest BCUT2D eigenvalue weighted by molar-refractivity contribution is 5.98. The smallest absolute Gasteiger partial charge is 0.303 e. The van der Waals surface area contributed by atoms with Gasteiger partial charge in [-0.1, -0.05) is 38.5 Å². The van der Waals surface area contributed by atoms with Crippen LogP contribution in [0.25, 0.3) is 0 Å². The van der Waals surface area contributed by atoms with E-state index in [0.29, 0.717) is 6.42 Å². The molecule has 4 N–H and O–H groups in total. The molecule has 50 heavy (non-hydrogen) atoms. The number of Topliss-reactive ketones (excluding diaryl/α,β-unsaturated/α-hetero) is 3. The number of ether oxygens (including phenoxy) is 3. The van der Waals surface area contributed by atoms with Crippen LogP contribution in [-0.2, 0) is 38.2 Å². The SMILES string of the molecule is CC(=O)O[C@H]1C(=O)[C@@H](O)[C@H](C)O[C@H]1O[C@@H]1C[C@@]2(C)[C@@H]3CC=C4[C@@H](C[C@H](O)C(=O)C4(C)C)[C@]3(C)C(=O)C[C@]2(C)C1[C@@](C)(O)C(=O)/C=C/C(C)(C)O. The Balaban J connectivity index is 1.65. The van der Waals surface area contributed by atoms with Crippen molar-refractivity contribution in [3.05, 3.63) is 23.8 Å². The van der Waals surface area contributed by atoms with E-state index in [2.05, 4.69) is 0 Å². The summed E-state index contributed by atoms with van der Waals surface area (Å²) in [4.78, 5) is 67.1. The first kappa shape index (κ1) is 38.6. The van der Waals surface area contributed by atoms with Crippen LogP contribution in [0.15, 0.2) is 23.8 Å². The van der Waals surface area contributed by atoms with Crippen LogP contribution in [0.2, 0.25) is 0 Å². The van der Waals surface area contributed by atoms with E-state index in [1.165, 1.54) is 33.8 Å². The minimum atomic E-state index is -2.17. The van der Waals surface area contributed by atoms with Crippen LogP contribution in [0.1, 0.15) is 94.9 Å². The molecule has 12 nitrogen and oxygen atoms in total. The lowest BCUT2D eigenvalue weighted by molar-refractivity contribution is -0.274. The van der Waals surface area contributed by atoms with E-state index in [0.717, 1.165) is 18.6 Å². The average Bonchev–Trinajstić information content (AvgIpc) is 3.21. The molecule has 0 bridgehead atoms. The fraction of sp³-hybridized carbons (Fsp3) is 0.763. The molecule has 0 aromatic carbocycles. The average molecular weight is 703 g/mol. The van der Waals surface area contributed by atoms with Crippen LogP contribution < -0.4 is 0 Å². The summed E-state index contributed by atoms with van der Waals surface area (Å²) < 4.78 is 17.8. The fourth-order valence-electron chi connectivity index (χ4n) is 10.5. The number of aliphatic hydroxyl groups excluding tert-OH is 2. The normalized spacial score (nSPS) is 44.2. The number of hydrogen-bond acceptors (Lipinski definition) is 12. The van der Waals surface area contributed by atoms with Gasteiger partial charge in [0, 0.05) is 30.1 Å². The number of esters is 1. The van der Waals surface area contributed by atoms with Crippen molar-refractivity contribution in [2.24, 2.45) is 39.4 Å². The summed E-state index contributed by atoms with van der Waals surface area (Å²) >= 11 is 0. The van der Waals surface area contributed by atoms with Crippen molar-refractivity contribution in [3.8, 4) is 0 Å². The maximum Gasteiger partial charge on any atom is 0.303 e. The quantitative estimate of drug-likeness (QED) is 0.172. The summed E-state index contributed by atoms with van der Waals surface area (Å²) in [6, 6.07) is 0. The van der Waals surface area contributed by atoms with Crippen LogP contribution in [-0.4, -0.2) is 97.5 Å². The molecule has 3 saturated carbocycles. The van der Waals surface area contributed by atoms with Crippen molar-refractivity contribution in [1.29, 1.82) is 0 Å². The van der Waals surface area contributed by atoms with E-state index in [1.54, 1.807) is 13.8 Å². The highest BCUT2D eigenvalue weighted by atomic mass is 16.7. The summed E-state index contributed by atoms with van der Waals surface area (Å²) in [7, 11) is 0. The fourth-order valence-corrected chi connectivity index (χ4v) is 10.5. The van der Waals surface area contributed by atoms with Crippen molar-refractivity contribution >= 4 is 29.1 Å². The number of hydrogen-bond donors (Lipinski definition) is 4. The first-order chi connectivity index (χ1) is 22.7. The predicted molar refractivity (Wildman–Crippen MR) is 178 cm³/mol. The van der Waals surface area contributed by atoms with E-state index >= 15 is 0 Å². The first-order valence-electron chi connectivity index (χ1n) is 17.6. The lowest BCUT2D eigenvalue weighted by Gasteiger charge is -2.64. The molecule has 1 aliphatic heterocycles. The molecule has 4 aliphatic carbocycles. The molecule has 1 unspecified atom stereocenters. The van der Waals surface area contributed by atoms with Crippen LogP contribution in [0.4, 0.5) is 0 Å². The standard InChI is InChI=1S/C38H54O12/c1-18-27(43)28(44)29(49-19(2)39)32(48-18)50-23-16-35(7)24-12-11-20-21(15-22(40)31(45)34(20,5)6)37(24,9)26(42)17-36(35,8)30(23)38(10,47)25(41)13-14-33(3,4)46/h11,13-14,18,21-24,27,29-30,32,40,43,46-47H,12,15-17H2,1-10H3/b14-13+/t18-,21+,22-,23+,24-,27-,29-,30?,32-,35-,36+,37-,38-/m0/s1. The number of carbonyl (C=O) groups is 5. The molecule has 278 valence electrons. The maximum absolute atomic E-state index is 14.8. The Labute approximate surface area is 293 Å². The van der Waals surface area contributed by atoms with Gasteiger partial charge in [0.1, 0.15) is 23.6 Å². The van der Waals surface area contributed by atoms with Gasteiger partial charge < -0.3 is 34.6 Å². The van der Waals surface area contributed by atoms with Gasteiger partial charge in [0.05, 0.1) is 17.8 Å². The molecule has 0 spiro atoms. The van der Waals surface area contributed by atoms with Crippen LogP contribution >= 0.6 is 0 Å². The third kappa shape index (κ3) is 5.69. The van der Waals surface area contributed by atoms with Crippen molar-refractivity contribution in [2.45, 2.75) is 143 Å². The minimum absolute atomic E-state index is 0.0686. The van der Waals surface area contributed by atoms with Crippen molar-refractivity contribution in [1.82, 2.24) is 0 Å². The Morgan fingerprint density at radius 2 is 1.64 bits per heavy atom. The van der Waals surface area contributed by atoms with Crippen LogP contribution in [0.3, 0.4) is 0 Å². The van der Waals surface area contributed by atoms with Gasteiger partial charge in [-0.25, -0.2) is 0 Å². The van der Waals surface area contributed by atoms with Crippen LogP contribution in [0, 0.1) is 39.4 Å². The van der Waals surface area contributed by atoms with Gasteiger partial charge in [0.25, 0.3) is 0 Å². The highest BCUT2D eigenvalue weighted by Gasteiger charge is 2.75. The maximum atomic E-state index is 14.8. The van der Waals surface area contributed by atoms with Gasteiger partial charge >= 0.3 is 5.97 Å². The Kier molecular flexibility index (Phi) is 9.45. The van der Waals surface area contributed by atoms with E-state index in [1.807, 2.05) is 26.8 Å². The molecular formula is C38H54O12. The lowest BCUT2D eigenvalue weighted by Crippen LogP contribution is -2.65. The van der Waals surface area contributed by atoms with Gasteiger partial charge in [0.2, 0.25) is 18.2 Å². The second-order valence-electron chi connectivity index (χ2n) is 17.4. The van der Waals surface area contributed by atoms with Crippen molar-refractivity contribution in [2.75, 3.05) is 0 Å². The topological polar surface area (TPSA) is 194 Å². The van der Waals surface area contributed by atoms with Gasteiger partial charge in [-0.2, -0.15) is 0 Å². The van der Waals surface area contributed by atoms with E-state index < -0.39 is 99.0 Å². The molecule has 5 rings (SSSR count). The Bertz CT molecular complexity index is 1530. The Hall–Kier alpha value is -2.61. The molecule has 13 atom stereocenters. The zero-order chi connectivity index (χ0) is 37.7. The number of rotatable bonds is 7. The molecule has 0 aromatic rings. The molecule has 0 amide bonds. The summed E-state index contributed by atoms with van der Waals surface area (Å²) in [5, 5.41) is 44.1. The van der Waals surface area contributed by atoms with Gasteiger partial charge in [-0.05, 0) is 89.5 Å². The van der Waals surface area contributed by atoms with Gasteiger partial charge in [0.15, 0.2) is 11.6 Å². The number of ketones is 4. The van der Waals surface area contributed by atoms with Crippen molar-refractivity contribution < 1.29 is 58.6 Å². The molecule has 1 saturated heterocycles. The molecule has 0 aromatic heterocycles. The summed E-state index contributed by atoms with van der Waals surface area (Å²) in [6.07, 6.45) is -2.96. The predicted octanol–water partition coefficient (Wildman–Crippen LogP) is 2.56. The van der Waals surface area contributed by atoms with Crippen molar-refractivity contribution in [3.63, 3.8) is 0 Å². The monoisotopic (exact) mass is 702 g/mol. The minimum Gasteiger partial charge on any atom is -0.449 e. The largest absolute Gasteiger partial charge is 0.449 e. The third-order valence-corrected chi connectivity index (χ3v) is 13.3. The second-order valence-corrected chi connectivity index (χ2v) is 17.4. The number of allylic oxidation sites excluding steroid dienone is 2. The van der Waals surface area contributed by atoms with Gasteiger partial charge in [-0.3, -0.25) is 24.0 Å². The summed E-state index contributed by atoms with van der Waals surface area (Å²) in [6.45, 7) is 16.2. The zero-order valence-corrected chi connectivity index (χ0v) is 30.8. The molecular weight excluding hydrogens is 648 g/mol. The lowest BCUT2D eigenvalue weighted by atomic mass is 9.38. The molecule has 4 fully saturated rings. The second kappa shape index (κ2) is 12.2. The first-order valence-corrected chi connectivity index (χ1v) is 17.6. The van der Waals surface area contributed by atoms with Crippen LogP contribution in [0.5, 0.6) is 0 Å². The molecule has 0 radical (unpaired) electrons. The van der Waals surface area contributed by atoms with E-state index in [-0.39, 0.29) is 36.7 Å². The summed E-state index contributed by atoms with van der Waals surface area (Å²) in [5.41, 5.74) is -6.58. The molecule has 5 aliphatic rings. The molecule has 12 heteroatoms.